The summed E-state index contributed by atoms with van der Waals surface area (Å²) in [7, 11) is 0. The fourth-order valence-corrected chi connectivity index (χ4v) is 1.95. The molecule has 1 aliphatic carbocycles. The van der Waals surface area contributed by atoms with Crippen LogP contribution in [0.1, 0.15) is 24.4 Å². The Morgan fingerprint density at radius 3 is 2.37 bits per heavy atom. The standard InChI is InChI=1S/C13H15F3N2O/c14-13(15,16)8-18(10-6-7-10)12(19)11(17)9-4-2-1-3-5-9/h1-5,10-11H,6-8,17H2. The van der Waals surface area contributed by atoms with Gasteiger partial charge in [0, 0.05) is 6.04 Å². The van der Waals surface area contributed by atoms with Gasteiger partial charge in [0.1, 0.15) is 12.6 Å². The Morgan fingerprint density at radius 1 is 1.32 bits per heavy atom. The number of alkyl halides is 3. The third-order valence-electron chi connectivity index (χ3n) is 3.05. The highest BCUT2D eigenvalue weighted by Gasteiger charge is 2.42. The summed E-state index contributed by atoms with van der Waals surface area (Å²) in [6.07, 6.45) is -3.17. The molecule has 1 atom stereocenters. The fraction of sp³-hybridized carbons (Fsp3) is 0.462. The number of nitrogens with zero attached hydrogens (tertiary/aromatic N) is 1. The summed E-state index contributed by atoms with van der Waals surface area (Å²) >= 11 is 0. The Hall–Kier alpha value is -1.56. The van der Waals surface area contributed by atoms with Crippen molar-refractivity contribution >= 4 is 5.91 Å². The first-order chi connectivity index (χ1) is 8.88. The Labute approximate surface area is 109 Å². The van der Waals surface area contributed by atoms with Crippen molar-refractivity contribution in [3.63, 3.8) is 0 Å². The lowest BCUT2D eigenvalue weighted by Gasteiger charge is -2.26. The van der Waals surface area contributed by atoms with Crippen LogP contribution in [0.5, 0.6) is 0 Å². The lowest BCUT2D eigenvalue weighted by molar-refractivity contribution is -0.163. The monoisotopic (exact) mass is 272 g/mol. The predicted molar refractivity (Wildman–Crippen MR) is 64.2 cm³/mol. The van der Waals surface area contributed by atoms with E-state index >= 15 is 0 Å². The Morgan fingerprint density at radius 2 is 1.89 bits per heavy atom. The molecule has 0 spiro atoms. The molecule has 2 N–H and O–H groups in total. The molecule has 104 valence electrons. The van der Waals surface area contributed by atoms with E-state index in [0.29, 0.717) is 18.4 Å². The number of carbonyl (C=O) groups excluding carboxylic acids is 1. The Kier molecular flexibility index (Phi) is 3.80. The zero-order chi connectivity index (χ0) is 14.0. The smallest absolute Gasteiger partial charge is 0.329 e. The van der Waals surface area contributed by atoms with Gasteiger partial charge >= 0.3 is 6.18 Å². The van der Waals surface area contributed by atoms with Crippen LogP contribution in [-0.2, 0) is 4.79 Å². The summed E-state index contributed by atoms with van der Waals surface area (Å²) in [4.78, 5) is 13.0. The second kappa shape index (κ2) is 5.21. The molecule has 0 aliphatic heterocycles. The van der Waals surface area contributed by atoms with Crippen LogP contribution >= 0.6 is 0 Å². The number of hydrogen-bond donors (Lipinski definition) is 1. The zero-order valence-corrected chi connectivity index (χ0v) is 10.2. The molecular formula is C13H15F3N2O. The molecule has 0 radical (unpaired) electrons. The van der Waals surface area contributed by atoms with Gasteiger partial charge < -0.3 is 10.6 Å². The Bertz CT molecular complexity index is 443. The van der Waals surface area contributed by atoms with E-state index in [0.717, 1.165) is 4.90 Å². The van der Waals surface area contributed by atoms with E-state index in [9.17, 15) is 18.0 Å². The maximum atomic E-state index is 12.5. The van der Waals surface area contributed by atoms with Gasteiger partial charge in [-0.05, 0) is 18.4 Å². The van der Waals surface area contributed by atoms with Crippen molar-refractivity contribution in [3.8, 4) is 0 Å². The topological polar surface area (TPSA) is 46.3 Å². The van der Waals surface area contributed by atoms with Gasteiger partial charge in [-0.25, -0.2) is 0 Å². The summed E-state index contributed by atoms with van der Waals surface area (Å²) in [5.41, 5.74) is 6.29. The molecule has 1 amide bonds. The van der Waals surface area contributed by atoms with Crippen molar-refractivity contribution in [1.29, 1.82) is 0 Å². The van der Waals surface area contributed by atoms with Crippen LogP contribution in [0.3, 0.4) is 0 Å². The van der Waals surface area contributed by atoms with Gasteiger partial charge in [-0.1, -0.05) is 30.3 Å². The second-order valence-electron chi connectivity index (χ2n) is 4.70. The maximum absolute atomic E-state index is 12.5. The first-order valence-corrected chi connectivity index (χ1v) is 6.06. The molecule has 1 unspecified atom stereocenters. The lowest BCUT2D eigenvalue weighted by Crippen LogP contribution is -2.44. The molecule has 19 heavy (non-hydrogen) atoms. The zero-order valence-electron chi connectivity index (χ0n) is 10.2. The van der Waals surface area contributed by atoms with Gasteiger partial charge in [0.15, 0.2) is 0 Å². The van der Waals surface area contributed by atoms with Crippen LogP contribution in [0.4, 0.5) is 13.2 Å². The van der Waals surface area contributed by atoms with Crippen molar-refractivity contribution in [2.24, 2.45) is 5.73 Å². The average Bonchev–Trinajstić information content (AvgIpc) is 3.18. The third-order valence-corrected chi connectivity index (χ3v) is 3.05. The van der Waals surface area contributed by atoms with Crippen molar-refractivity contribution in [2.45, 2.75) is 31.1 Å². The van der Waals surface area contributed by atoms with Gasteiger partial charge in [-0.3, -0.25) is 4.79 Å². The largest absolute Gasteiger partial charge is 0.406 e. The minimum Gasteiger partial charge on any atom is -0.329 e. The number of benzene rings is 1. The average molecular weight is 272 g/mol. The number of amides is 1. The van der Waals surface area contributed by atoms with Gasteiger partial charge in [0.25, 0.3) is 0 Å². The highest BCUT2D eigenvalue weighted by atomic mass is 19.4. The molecule has 2 rings (SSSR count). The highest BCUT2D eigenvalue weighted by Crippen LogP contribution is 2.32. The van der Waals surface area contributed by atoms with Crippen LogP contribution in [0.15, 0.2) is 30.3 Å². The van der Waals surface area contributed by atoms with Crippen molar-refractivity contribution in [3.05, 3.63) is 35.9 Å². The quantitative estimate of drug-likeness (QED) is 0.913. The summed E-state index contributed by atoms with van der Waals surface area (Å²) in [5.74, 6) is -0.661. The molecule has 0 heterocycles. The van der Waals surface area contributed by atoms with Gasteiger partial charge in [0.2, 0.25) is 5.91 Å². The molecule has 0 bridgehead atoms. The predicted octanol–water partition coefficient (Wildman–Crippen LogP) is 2.24. The van der Waals surface area contributed by atoms with Crippen molar-refractivity contribution in [1.82, 2.24) is 4.90 Å². The molecule has 1 aliphatic rings. The van der Waals surface area contributed by atoms with E-state index < -0.39 is 24.7 Å². The molecule has 0 saturated heterocycles. The van der Waals surface area contributed by atoms with E-state index in [1.165, 1.54) is 0 Å². The van der Waals surface area contributed by atoms with E-state index in [1.807, 2.05) is 0 Å². The van der Waals surface area contributed by atoms with Crippen LogP contribution in [0, 0.1) is 0 Å². The van der Waals surface area contributed by atoms with Crippen LogP contribution in [-0.4, -0.2) is 29.6 Å². The van der Waals surface area contributed by atoms with Gasteiger partial charge in [-0.2, -0.15) is 13.2 Å². The summed E-state index contributed by atoms with van der Waals surface area (Å²) in [6.45, 7) is -1.23. The number of hydrogen-bond acceptors (Lipinski definition) is 2. The lowest BCUT2D eigenvalue weighted by atomic mass is 10.1. The molecule has 1 aromatic rings. The maximum Gasteiger partial charge on any atom is 0.406 e. The minimum absolute atomic E-state index is 0.316. The number of halogens is 3. The first-order valence-electron chi connectivity index (χ1n) is 6.06. The van der Waals surface area contributed by atoms with Crippen LogP contribution in [0.25, 0.3) is 0 Å². The Balaban J connectivity index is 2.11. The SMILES string of the molecule is NC(C(=O)N(CC(F)(F)F)C1CC1)c1ccccc1. The molecule has 3 nitrogen and oxygen atoms in total. The van der Waals surface area contributed by atoms with Crippen LogP contribution in [0.2, 0.25) is 0 Å². The number of nitrogens with two attached hydrogens (primary N) is 1. The molecule has 1 fully saturated rings. The highest BCUT2D eigenvalue weighted by molar-refractivity contribution is 5.83. The van der Waals surface area contributed by atoms with E-state index in [-0.39, 0.29) is 6.04 Å². The summed E-state index contributed by atoms with van der Waals surface area (Å²) in [5, 5.41) is 0. The second-order valence-corrected chi connectivity index (χ2v) is 4.70. The van der Waals surface area contributed by atoms with E-state index in [2.05, 4.69) is 0 Å². The minimum atomic E-state index is -4.39. The first kappa shape index (κ1) is 13.9. The van der Waals surface area contributed by atoms with Crippen molar-refractivity contribution < 1.29 is 18.0 Å². The summed E-state index contributed by atoms with van der Waals surface area (Å²) in [6, 6.07) is 7.09. The molecule has 6 heteroatoms. The van der Waals surface area contributed by atoms with Crippen molar-refractivity contribution in [2.75, 3.05) is 6.54 Å². The molecule has 0 aromatic heterocycles. The molecule has 1 aromatic carbocycles. The van der Waals surface area contributed by atoms with Gasteiger partial charge in [0.05, 0.1) is 0 Å². The van der Waals surface area contributed by atoms with Gasteiger partial charge in [-0.15, -0.1) is 0 Å². The number of carbonyl (C=O) groups is 1. The molecule has 1 saturated carbocycles. The third kappa shape index (κ3) is 3.70. The normalized spacial score (nSPS) is 17.1. The van der Waals surface area contributed by atoms with E-state index in [1.54, 1.807) is 30.3 Å². The van der Waals surface area contributed by atoms with E-state index in [4.69, 9.17) is 5.73 Å². The molecular weight excluding hydrogens is 257 g/mol. The fourth-order valence-electron chi connectivity index (χ4n) is 1.95. The van der Waals surface area contributed by atoms with Crippen LogP contribution < -0.4 is 5.73 Å². The summed E-state index contributed by atoms with van der Waals surface area (Å²) < 4.78 is 37.5. The number of rotatable bonds is 4.